The highest BCUT2D eigenvalue weighted by atomic mass is 16.7. The van der Waals surface area contributed by atoms with Gasteiger partial charge in [-0.15, -0.1) is 6.58 Å². The van der Waals surface area contributed by atoms with Gasteiger partial charge in [0.15, 0.2) is 17.3 Å². The zero-order valence-electron chi connectivity index (χ0n) is 15.7. The SMILES string of the molecule is C=CCNC(=O)c1cc(NCc2ccc3c(c2)OCO3)nc(-c2ccccc2)n1. The van der Waals surface area contributed by atoms with E-state index in [1.165, 1.54) is 0 Å². The Balaban J connectivity index is 1.59. The summed E-state index contributed by atoms with van der Waals surface area (Å²) in [6.07, 6.45) is 1.62. The number of fused-ring (bicyclic) bond motifs is 1. The summed E-state index contributed by atoms with van der Waals surface area (Å²) in [5, 5.41) is 6.02. The number of carbonyl (C=O) groups excluding carboxylic acids is 1. The molecule has 0 bridgehead atoms. The molecule has 0 aliphatic carbocycles. The second-order valence-electron chi connectivity index (χ2n) is 6.37. The van der Waals surface area contributed by atoms with Crippen LogP contribution in [0.5, 0.6) is 11.5 Å². The van der Waals surface area contributed by atoms with E-state index in [1.54, 1.807) is 12.1 Å². The van der Waals surface area contributed by atoms with Crippen LogP contribution in [0.15, 0.2) is 67.3 Å². The highest BCUT2D eigenvalue weighted by Crippen LogP contribution is 2.32. The van der Waals surface area contributed by atoms with Gasteiger partial charge in [-0.1, -0.05) is 42.5 Å². The summed E-state index contributed by atoms with van der Waals surface area (Å²) in [5.74, 6) is 2.21. The van der Waals surface area contributed by atoms with Crippen molar-refractivity contribution in [3.8, 4) is 22.9 Å². The predicted octanol–water partition coefficient (Wildman–Crippen LogP) is 3.40. The third kappa shape index (κ3) is 4.35. The van der Waals surface area contributed by atoms with Crippen molar-refractivity contribution in [1.29, 1.82) is 0 Å². The van der Waals surface area contributed by atoms with Gasteiger partial charge < -0.3 is 20.1 Å². The lowest BCUT2D eigenvalue weighted by molar-refractivity contribution is 0.0953. The topological polar surface area (TPSA) is 85.4 Å². The molecule has 146 valence electrons. The molecule has 0 saturated heterocycles. The largest absolute Gasteiger partial charge is 0.454 e. The summed E-state index contributed by atoms with van der Waals surface area (Å²) in [4.78, 5) is 21.4. The molecule has 1 aliphatic rings. The number of benzene rings is 2. The lowest BCUT2D eigenvalue weighted by Gasteiger charge is -2.11. The number of hydrogen-bond acceptors (Lipinski definition) is 6. The van der Waals surface area contributed by atoms with Crippen molar-refractivity contribution in [3.05, 3.63) is 78.5 Å². The van der Waals surface area contributed by atoms with Crippen molar-refractivity contribution in [2.45, 2.75) is 6.54 Å². The second kappa shape index (κ2) is 8.43. The molecule has 29 heavy (non-hydrogen) atoms. The monoisotopic (exact) mass is 388 g/mol. The first kappa shape index (κ1) is 18.5. The Morgan fingerprint density at radius 1 is 1.07 bits per heavy atom. The van der Waals surface area contributed by atoms with Gasteiger partial charge in [0.1, 0.15) is 11.5 Å². The molecule has 3 aromatic rings. The normalized spacial score (nSPS) is 11.7. The fraction of sp³-hybridized carbons (Fsp3) is 0.136. The lowest BCUT2D eigenvalue weighted by Crippen LogP contribution is -2.24. The minimum atomic E-state index is -0.282. The van der Waals surface area contributed by atoms with Gasteiger partial charge in [-0.3, -0.25) is 4.79 Å². The number of hydrogen-bond donors (Lipinski definition) is 2. The summed E-state index contributed by atoms with van der Waals surface area (Å²) in [6, 6.07) is 16.9. The summed E-state index contributed by atoms with van der Waals surface area (Å²) >= 11 is 0. The summed E-state index contributed by atoms with van der Waals surface area (Å²) in [7, 11) is 0. The molecular weight excluding hydrogens is 368 g/mol. The number of amides is 1. The molecule has 0 saturated carbocycles. The van der Waals surface area contributed by atoms with E-state index < -0.39 is 0 Å². The minimum Gasteiger partial charge on any atom is -0.454 e. The average molecular weight is 388 g/mol. The van der Waals surface area contributed by atoms with Crippen molar-refractivity contribution in [3.63, 3.8) is 0 Å². The summed E-state index contributed by atoms with van der Waals surface area (Å²) < 4.78 is 10.8. The third-order valence-electron chi connectivity index (χ3n) is 4.31. The number of aromatic nitrogens is 2. The highest BCUT2D eigenvalue weighted by Gasteiger charge is 2.15. The second-order valence-corrected chi connectivity index (χ2v) is 6.37. The number of anilines is 1. The molecule has 2 N–H and O–H groups in total. The van der Waals surface area contributed by atoms with Crippen LogP contribution in [-0.4, -0.2) is 29.2 Å². The first-order chi connectivity index (χ1) is 14.2. The van der Waals surface area contributed by atoms with E-state index in [0.717, 1.165) is 22.6 Å². The van der Waals surface area contributed by atoms with Crippen LogP contribution in [0.1, 0.15) is 16.1 Å². The van der Waals surface area contributed by atoms with Crippen molar-refractivity contribution in [1.82, 2.24) is 15.3 Å². The Kier molecular flexibility index (Phi) is 5.38. The highest BCUT2D eigenvalue weighted by molar-refractivity contribution is 5.93. The molecule has 0 atom stereocenters. The Bertz CT molecular complexity index is 1040. The Hall–Kier alpha value is -3.87. The van der Waals surface area contributed by atoms with Gasteiger partial charge in [-0.25, -0.2) is 9.97 Å². The Morgan fingerprint density at radius 2 is 1.90 bits per heavy atom. The lowest BCUT2D eigenvalue weighted by atomic mass is 10.2. The Labute approximate surface area is 168 Å². The summed E-state index contributed by atoms with van der Waals surface area (Å²) in [5.41, 5.74) is 2.12. The van der Waals surface area contributed by atoms with Crippen LogP contribution < -0.4 is 20.1 Å². The van der Waals surface area contributed by atoms with E-state index in [4.69, 9.17) is 9.47 Å². The molecule has 1 aliphatic heterocycles. The summed E-state index contributed by atoms with van der Waals surface area (Å²) in [6.45, 7) is 4.73. The number of rotatable bonds is 7. The van der Waals surface area contributed by atoms with Crippen LogP contribution in [-0.2, 0) is 6.54 Å². The predicted molar refractivity (Wildman–Crippen MR) is 110 cm³/mol. The molecule has 1 aromatic heterocycles. The van der Waals surface area contributed by atoms with Crippen LogP contribution in [0.4, 0.5) is 5.82 Å². The van der Waals surface area contributed by atoms with E-state index >= 15 is 0 Å². The zero-order chi connectivity index (χ0) is 20.1. The average Bonchev–Trinajstić information content (AvgIpc) is 3.24. The molecule has 1 amide bonds. The molecule has 0 spiro atoms. The number of nitrogens with zero attached hydrogens (tertiary/aromatic N) is 2. The van der Waals surface area contributed by atoms with E-state index in [1.807, 2.05) is 48.5 Å². The van der Waals surface area contributed by atoms with Gasteiger partial charge >= 0.3 is 0 Å². The van der Waals surface area contributed by atoms with Crippen LogP contribution in [0.25, 0.3) is 11.4 Å². The smallest absolute Gasteiger partial charge is 0.270 e. The Morgan fingerprint density at radius 3 is 2.72 bits per heavy atom. The molecule has 0 unspecified atom stereocenters. The maximum atomic E-state index is 12.4. The molecule has 0 radical (unpaired) electrons. The van der Waals surface area contributed by atoms with Gasteiger partial charge in [0, 0.05) is 24.7 Å². The molecule has 0 fully saturated rings. The van der Waals surface area contributed by atoms with Gasteiger partial charge in [-0.05, 0) is 17.7 Å². The number of ether oxygens (including phenoxy) is 2. The van der Waals surface area contributed by atoms with Crippen LogP contribution >= 0.6 is 0 Å². The van der Waals surface area contributed by atoms with Crippen molar-refractivity contribution in [2.75, 3.05) is 18.7 Å². The van der Waals surface area contributed by atoms with E-state index in [0.29, 0.717) is 24.7 Å². The number of nitrogens with one attached hydrogen (secondary N) is 2. The maximum absolute atomic E-state index is 12.4. The molecule has 2 heterocycles. The fourth-order valence-corrected chi connectivity index (χ4v) is 2.87. The van der Waals surface area contributed by atoms with Gasteiger partial charge in [0.25, 0.3) is 5.91 Å². The molecule has 7 nitrogen and oxygen atoms in total. The minimum absolute atomic E-state index is 0.238. The van der Waals surface area contributed by atoms with Gasteiger partial charge in [0.2, 0.25) is 6.79 Å². The molecule has 2 aromatic carbocycles. The quantitative estimate of drug-likeness (QED) is 0.604. The van der Waals surface area contributed by atoms with E-state index in [-0.39, 0.29) is 18.4 Å². The first-order valence-corrected chi connectivity index (χ1v) is 9.19. The molecule has 4 rings (SSSR count). The van der Waals surface area contributed by atoms with Crippen LogP contribution in [0, 0.1) is 0 Å². The fourth-order valence-electron chi connectivity index (χ4n) is 2.87. The standard InChI is InChI=1S/C22H20N4O3/c1-2-10-23-22(27)17-12-20(26-21(25-17)16-6-4-3-5-7-16)24-13-15-8-9-18-19(11-15)29-14-28-18/h2-9,11-12H,1,10,13-14H2,(H,23,27)(H,24,25,26). The van der Waals surface area contributed by atoms with Crippen LogP contribution in [0.3, 0.4) is 0 Å². The molecular formula is C22H20N4O3. The van der Waals surface area contributed by atoms with E-state index in [9.17, 15) is 4.79 Å². The molecule has 7 heteroatoms. The zero-order valence-corrected chi connectivity index (χ0v) is 15.7. The van der Waals surface area contributed by atoms with Gasteiger partial charge in [0.05, 0.1) is 0 Å². The maximum Gasteiger partial charge on any atom is 0.270 e. The van der Waals surface area contributed by atoms with Crippen molar-refractivity contribution >= 4 is 11.7 Å². The van der Waals surface area contributed by atoms with E-state index in [2.05, 4.69) is 27.2 Å². The van der Waals surface area contributed by atoms with Crippen molar-refractivity contribution < 1.29 is 14.3 Å². The third-order valence-corrected chi connectivity index (χ3v) is 4.31. The van der Waals surface area contributed by atoms with Crippen LogP contribution in [0.2, 0.25) is 0 Å². The van der Waals surface area contributed by atoms with Gasteiger partial charge in [-0.2, -0.15) is 0 Å². The number of carbonyl (C=O) groups is 1. The first-order valence-electron chi connectivity index (χ1n) is 9.19. The van der Waals surface area contributed by atoms with Crippen molar-refractivity contribution in [2.24, 2.45) is 0 Å².